The fraction of sp³-hybridized carbons (Fsp3) is 0.600. The lowest BCUT2D eigenvalue weighted by Gasteiger charge is -2.29. The number of hydrogen-bond donors (Lipinski definition) is 3. The molecule has 1 aromatic rings. The molecular weight excluding hydrogens is 414 g/mol. The molecule has 2 bridgehead atoms. The zero-order valence-electron chi connectivity index (χ0n) is 16.9. The van der Waals surface area contributed by atoms with Gasteiger partial charge in [-0.2, -0.15) is 0 Å². The van der Waals surface area contributed by atoms with E-state index in [-0.39, 0.29) is 46.6 Å². The third-order valence-electron chi connectivity index (χ3n) is 6.18. The number of fused-ring (bicyclic) bond motifs is 1. The molecule has 3 N–H and O–H groups in total. The summed E-state index contributed by atoms with van der Waals surface area (Å²) in [5.41, 5.74) is -0.350. The first kappa shape index (κ1) is 22.3. The van der Waals surface area contributed by atoms with Crippen molar-refractivity contribution in [2.24, 2.45) is 17.8 Å². The van der Waals surface area contributed by atoms with Crippen LogP contribution in [-0.4, -0.2) is 64.9 Å². The number of nitrogens with zero attached hydrogens (tertiary/aromatic N) is 2. The third kappa shape index (κ3) is 4.09. The second kappa shape index (κ2) is 8.77. The van der Waals surface area contributed by atoms with Crippen LogP contribution >= 0.6 is 11.6 Å². The quantitative estimate of drug-likeness (QED) is 0.593. The van der Waals surface area contributed by atoms with E-state index in [9.17, 15) is 14.7 Å². The molecule has 0 saturated carbocycles. The van der Waals surface area contributed by atoms with Crippen molar-refractivity contribution < 1.29 is 29.3 Å². The topological polar surface area (TPSA) is 129 Å². The van der Waals surface area contributed by atoms with Gasteiger partial charge in [0.05, 0.1) is 16.7 Å². The van der Waals surface area contributed by atoms with E-state index in [2.05, 4.69) is 15.2 Å². The molecule has 3 saturated heterocycles. The third-order valence-corrected chi connectivity index (χ3v) is 6.48. The highest BCUT2D eigenvalue weighted by molar-refractivity contribution is 6.33. The molecule has 0 aromatic carbocycles. The van der Waals surface area contributed by atoms with E-state index in [0.717, 1.165) is 19.4 Å². The number of nitrogens with one attached hydrogen (secondary N) is 1. The van der Waals surface area contributed by atoms with Gasteiger partial charge in [0.25, 0.3) is 6.47 Å². The Hall–Kier alpha value is -2.39. The molecule has 0 radical (unpaired) electrons. The van der Waals surface area contributed by atoms with E-state index >= 15 is 0 Å². The Kier molecular flexibility index (Phi) is 6.52. The number of rotatable bonds is 5. The predicted octanol–water partition coefficient (Wildman–Crippen LogP) is 1.89. The van der Waals surface area contributed by atoms with Crippen molar-refractivity contribution in [1.82, 2.24) is 10.3 Å². The number of amides is 1. The minimum absolute atomic E-state index is 0.0359. The maximum atomic E-state index is 12.0. The molecule has 1 aromatic heterocycles. The Bertz CT molecular complexity index is 835. The van der Waals surface area contributed by atoms with Crippen LogP contribution in [0.4, 0.5) is 5.82 Å². The smallest absolute Gasteiger partial charge is 0.356 e. The van der Waals surface area contributed by atoms with E-state index < -0.39 is 5.97 Å². The highest BCUT2D eigenvalue weighted by Gasteiger charge is 2.63. The molecule has 9 nitrogen and oxygen atoms in total. The van der Waals surface area contributed by atoms with Gasteiger partial charge in [0, 0.05) is 37.4 Å². The summed E-state index contributed by atoms with van der Waals surface area (Å²) in [6, 6.07) is 3.34. The van der Waals surface area contributed by atoms with E-state index in [4.69, 9.17) is 26.2 Å². The lowest BCUT2D eigenvalue weighted by Crippen LogP contribution is -2.42. The summed E-state index contributed by atoms with van der Waals surface area (Å²) in [7, 11) is 0. The Morgan fingerprint density at radius 3 is 2.80 bits per heavy atom. The van der Waals surface area contributed by atoms with E-state index in [1.807, 2.05) is 13.8 Å². The van der Waals surface area contributed by atoms with Crippen molar-refractivity contribution >= 4 is 35.8 Å². The molecule has 3 aliphatic rings. The van der Waals surface area contributed by atoms with Crippen LogP contribution < -0.4 is 10.2 Å². The minimum Gasteiger partial charge on any atom is -0.483 e. The number of hydrogen-bond acceptors (Lipinski definition) is 6. The SMILES string of the molecule is CC(C)C(=O)NC[C@H]1[C@H]2CN(c3ccc(Cl)c(C(=O)O)n3)C[C@]23CC[C@H]1O3.O=CO. The maximum Gasteiger partial charge on any atom is 0.356 e. The molecule has 4 heterocycles. The number of halogens is 1. The summed E-state index contributed by atoms with van der Waals surface area (Å²) in [5.74, 6) is 0.0778. The van der Waals surface area contributed by atoms with Crippen LogP contribution in [0, 0.1) is 17.8 Å². The van der Waals surface area contributed by atoms with E-state index in [0.29, 0.717) is 24.8 Å². The van der Waals surface area contributed by atoms with Gasteiger partial charge in [0.15, 0.2) is 5.69 Å². The van der Waals surface area contributed by atoms with E-state index in [1.165, 1.54) is 0 Å². The van der Waals surface area contributed by atoms with Crippen molar-refractivity contribution in [2.45, 2.75) is 38.4 Å². The number of anilines is 1. The number of carbonyl (C=O) groups is 3. The Morgan fingerprint density at radius 1 is 1.47 bits per heavy atom. The fourth-order valence-corrected chi connectivity index (χ4v) is 5.00. The van der Waals surface area contributed by atoms with Crippen molar-refractivity contribution in [3.05, 3.63) is 22.8 Å². The van der Waals surface area contributed by atoms with Crippen molar-refractivity contribution in [1.29, 1.82) is 0 Å². The molecule has 10 heteroatoms. The zero-order chi connectivity index (χ0) is 22.1. The summed E-state index contributed by atoms with van der Waals surface area (Å²) in [6.45, 7) is 5.58. The fourth-order valence-electron chi connectivity index (χ4n) is 4.82. The van der Waals surface area contributed by atoms with Crippen molar-refractivity contribution in [3.8, 4) is 0 Å². The lowest BCUT2D eigenvalue weighted by atomic mass is 9.73. The number of aromatic carboxylic acids is 1. The summed E-state index contributed by atoms with van der Waals surface area (Å²) < 4.78 is 6.38. The van der Waals surface area contributed by atoms with Gasteiger partial charge in [-0.15, -0.1) is 0 Å². The van der Waals surface area contributed by atoms with E-state index in [1.54, 1.807) is 12.1 Å². The maximum absolute atomic E-state index is 12.0. The largest absolute Gasteiger partial charge is 0.483 e. The second-order valence-electron chi connectivity index (χ2n) is 8.22. The molecule has 30 heavy (non-hydrogen) atoms. The van der Waals surface area contributed by atoms with Crippen LogP contribution in [0.15, 0.2) is 12.1 Å². The van der Waals surface area contributed by atoms with Crippen LogP contribution in [0.2, 0.25) is 5.02 Å². The van der Waals surface area contributed by atoms with Gasteiger partial charge < -0.3 is 25.2 Å². The lowest BCUT2D eigenvalue weighted by molar-refractivity contribution is -0.124. The van der Waals surface area contributed by atoms with Gasteiger partial charge in [-0.1, -0.05) is 25.4 Å². The van der Waals surface area contributed by atoms with Crippen LogP contribution in [0.25, 0.3) is 0 Å². The standard InChI is InChI=1S/C19H24ClN3O4.CH2O2/c1-10(2)17(24)21-7-11-12-8-23(9-19(12)6-5-14(11)27-19)15-4-3-13(20)16(22-15)18(25)26;2-1-3/h3-4,10-12,14H,5-9H2,1-2H3,(H,21,24)(H,25,26);1H,(H,2,3)/t11-,12+,14+,19+;/m0./s1. The van der Waals surface area contributed by atoms with Crippen LogP contribution in [0.3, 0.4) is 0 Å². The van der Waals surface area contributed by atoms with Gasteiger partial charge >= 0.3 is 5.97 Å². The molecule has 3 fully saturated rings. The van der Waals surface area contributed by atoms with Gasteiger partial charge in [0.1, 0.15) is 5.82 Å². The first-order valence-corrected chi connectivity index (χ1v) is 10.3. The first-order valence-electron chi connectivity index (χ1n) is 9.90. The summed E-state index contributed by atoms with van der Waals surface area (Å²) in [5, 5.41) is 19.4. The molecule has 3 aliphatic heterocycles. The monoisotopic (exact) mass is 439 g/mol. The summed E-state index contributed by atoms with van der Waals surface area (Å²) >= 11 is 5.95. The van der Waals surface area contributed by atoms with Gasteiger partial charge in [0.2, 0.25) is 5.91 Å². The number of carboxylic acids is 1. The highest BCUT2D eigenvalue weighted by atomic mass is 35.5. The number of carboxylic acid groups (broad SMARTS) is 2. The average Bonchev–Trinajstić information content (AvgIpc) is 3.35. The molecule has 4 atom stereocenters. The van der Waals surface area contributed by atoms with Crippen molar-refractivity contribution in [2.75, 3.05) is 24.5 Å². The Balaban J connectivity index is 0.000000806. The Morgan fingerprint density at radius 2 is 2.17 bits per heavy atom. The molecule has 1 spiro atoms. The van der Waals surface area contributed by atoms with Gasteiger partial charge in [-0.25, -0.2) is 9.78 Å². The molecular formula is C20H26ClN3O6. The number of carbonyl (C=O) groups excluding carboxylic acids is 1. The first-order chi connectivity index (χ1) is 14.2. The Labute approximate surface area is 179 Å². The van der Waals surface area contributed by atoms with Crippen LogP contribution in [0.1, 0.15) is 37.2 Å². The second-order valence-corrected chi connectivity index (χ2v) is 8.63. The number of aromatic nitrogens is 1. The normalized spacial score (nSPS) is 28.7. The van der Waals surface area contributed by atoms with Crippen LogP contribution in [-0.2, 0) is 14.3 Å². The minimum atomic E-state index is -1.13. The molecule has 1 amide bonds. The number of pyridine rings is 1. The molecule has 164 valence electrons. The van der Waals surface area contributed by atoms with Gasteiger partial charge in [-0.05, 0) is 25.0 Å². The molecule has 0 aliphatic carbocycles. The molecule has 0 unspecified atom stereocenters. The highest BCUT2D eigenvalue weighted by Crippen LogP contribution is 2.55. The summed E-state index contributed by atoms with van der Waals surface area (Å²) in [4.78, 5) is 38.0. The average molecular weight is 440 g/mol. The predicted molar refractivity (Wildman–Crippen MR) is 109 cm³/mol. The number of ether oxygens (including phenoxy) is 1. The molecule has 4 rings (SSSR count). The van der Waals surface area contributed by atoms with Crippen LogP contribution in [0.5, 0.6) is 0 Å². The van der Waals surface area contributed by atoms with Gasteiger partial charge in [-0.3, -0.25) is 9.59 Å². The zero-order valence-corrected chi connectivity index (χ0v) is 17.6. The van der Waals surface area contributed by atoms with Crippen molar-refractivity contribution in [3.63, 3.8) is 0 Å². The summed E-state index contributed by atoms with van der Waals surface area (Å²) in [6.07, 6.45) is 2.19.